The van der Waals surface area contributed by atoms with Crippen LogP contribution in [0.5, 0.6) is 5.75 Å². The molecule has 1 aromatic carbocycles. The van der Waals surface area contributed by atoms with Crippen LogP contribution in [0.25, 0.3) is 0 Å². The number of urea groups is 1. The Balaban J connectivity index is 1.39. The first-order valence-corrected chi connectivity index (χ1v) is 9.18. The van der Waals surface area contributed by atoms with Crippen LogP contribution in [0.2, 0.25) is 5.02 Å². The zero-order valence-electron chi connectivity index (χ0n) is 14.5. The molecule has 6 nitrogen and oxygen atoms in total. The minimum atomic E-state index is 0.0397. The lowest BCUT2D eigenvalue weighted by molar-refractivity contribution is 0.137. The highest BCUT2D eigenvalue weighted by Gasteiger charge is 2.29. The summed E-state index contributed by atoms with van der Waals surface area (Å²) in [7, 11) is 0. The Hall–Kier alpha value is -2.31. The molecule has 1 saturated heterocycles. The number of amides is 2. The Kier molecular flexibility index (Phi) is 4.95. The van der Waals surface area contributed by atoms with E-state index in [-0.39, 0.29) is 6.03 Å². The highest BCUT2D eigenvalue weighted by atomic mass is 35.5. The molecule has 0 aliphatic carbocycles. The summed E-state index contributed by atoms with van der Waals surface area (Å²) in [5.74, 6) is 0.673. The van der Waals surface area contributed by atoms with Gasteiger partial charge in [0.25, 0.3) is 0 Å². The molecule has 1 fully saturated rings. The lowest BCUT2D eigenvalue weighted by Gasteiger charge is -2.39. The van der Waals surface area contributed by atoms with E-state index in [1.54, 1.807) is 23.2 Å². The van der Waals surface area contributed by atoms with E-state index in [2.05, 4.69) is 16.0 Å². The largest absolute Gasteiger partial charge is 0.489 e. The zero-order valence-corrected chi connectivity index (χ0v) is 15.2. The van der Waals surface area contributed by atoms with Crippen LogP contribution in [0.4, 0.5) is 10.5 Å². The second-order valence-corrected chi connectivity index (χ2v) is 6.96. The van der Waals surface area contributed by atoms with Crippen molar-refractivity contribution >= 4 is 23.3 Å². The van der Waals surface area contributed by atoms with Gasteiger partial charge in [-0.1, -0.05) is 17.7 Å². The molecule has 0 spiro atoms. The first kappa shape index (κ1) is 17.1. The van der Waals surface area contributed by atoms with Crippen LogP contribution in [-0.2, 0) is 6.54 Å². The molecule has 4 rings (SSSR count). The predicted octanol–water partition coefficient (Wildman–Crippen LogP) is 2.87. The number of halogens is 1. The van der Waals surface area contributed by atoms with Crippen LogP contribution in [0.15, 0.2) is 42.7 Å². The number of piperazine rings is 1. The predicted molar refractivity (Wildman–Crippen MR) is 101 cm³/mol. The molecule has 2 aliphatic heterocycles. The number of pyridine rings is 1. The van der Waals surface area contributed by atoms with Gasteiger partial charge in [-0.05, 0) is 23.8 Å². The van der Waals surface area contributed by atoms with Gasteiger partial charge in [0.2, 0.25) is 0 Å². The summed E-state index contributed by atoms with van der Waals surface area (Å²) >= 11 is 6.03. The van der Waals surface area contributed by atoms with Crippen LogP contribution >= 0.6 is 11.6 Å². The third-order valence-corrected chi connectivity index (χ3v) is 5.02. The summed E-state index contributed by atoms with van der Waals surface area (Å²) < 4.78 is 5.64. The van der Waals surface area contributed by atoms with Crippen molar-refractivity contribution in [1.29, 1.82) is 0 Å². The van der Waals surface area contributed by atoms with Gasteiger partial charge < -0.3 is 9.64 Å². The van der Waals surface area contributed by atoms with Crippen LogP contribution in [0.3, 0.4) is 0 Å². The number of benzene rings is 1. The first-order chi connectivity index (χ1) is 12.7. The molecule has 7 heteroatoms. The van der Waals surface area contributed by atoms with E-state index < -0.39 is 0 Å². The van der Waals surface area contributed by atoms with Crippen molar-refractivity contribution in [1.82, 2.24) is 14.8 Å². The number of aromatic nitrogens is 1. The van der Waals surface area contributed by atoms with Gasteiger partial charge in [-0.25, -0.2) is 4.79 Å². The number of carbonyl (C=O) groups excluding carboxylic acids is 1. The van der Waals surface area contributed by atoms with Gasteiger partial charge in [0, 0.05) is 56.2 Å². The molecule has 0 radical (unpaired) electrons. The number of rotatable bonds is 2. The lowest BCUT2D eigenvalue weighted by Crippen LogP contribution is -2.54. The fourth-order valence-electron chi connectivity index (χ4n) is 3.41. The van der Waals surface area contributed by atoms with Gasteiger partial charge >= 0.3 is 6.03 Å². The molecule has 0 atom stereocenters. The molecular formula is C19H21ClN4O2. The lowest BCUT2D eigenvalue weighted by atomic mass is 10.2. The highest BCUT2D eigenvalue weighted by molar-refractivity contribution is 6.30. The Labute approximate surface area is 157 Å². The van der Waals surface area contributed by atoms with Gasteiger partial charge in [-0.15, -0.1) is 0 Å². The monoisotopic (exact) mass is 372 g/mol. The maximum absolute atomic E-state index is 13.0. The number of nitrogens with zero attached hydrogens (tertiary/aromatic N) is 4. The van der Waals surface area contributed by atoms with Crippen LogP contribution in [0.1, 0.15) is 5.56 Å². The van der Waals surface area contributed by atoms with Crippen molar-refractivity contribution in [2.75, 3.05) is 44.2 Å². The highest BCUT2D eigenvalue weighted by Crippen LogP contribution is 2.34. The zero-order chi connectivity index (χ0) is 17.9. The van der Waals surface area contributed by atoms with Crippen molar-refractivity contribution in [2.45, 2.75) is 6.54 Å². The molecule has 1 aromatic heterocycles. The molecule has 136 valence electrons. The van der Waals surface area contributed by atoms with Gasteiger partial charge in [0.05, 0.1) is 12.2 Å². The standard InChI is InChI=1S/C19H21ClN4O2/c20-16-3-4-17-18(12-16)26-11-10-24(17)19(25)23-8-6-22(7-9-23)14-15-2-1-5-21-13-15/h1-5,12-13H,6-11,14H2. The number of ether oxygens (including phenoxy) is 1. The average Bonchev–Trinajstić information content (AvgIpc) is 2.68. The normalized spacial score (nSPS) is 17.6. The smallest absolute Gasteiger partial charge is 0.324 e. The second kappa shape index (κ2) is 7.51. The summed E-state index contributed by atoms with van der Waals surface area (Å²) in [6.07, 6.45) is 3.68. The van der Waals surface area contributed by atoms with Crippen LogP contribution in [-0.4, -0.2) is 60.1 Å². The SMILES string of the molecule is O=C(N1CCN(Cc2cccnc2)CC1)N1CCOc2cc(Cl)ccc21. The van der Waals surface area contributed by atoms with E-state index in [0.29, 0.717) is 23.9 Å². The fourth-order valence-corrected chi connectivity index (χ4v) is 3.57. The molecular weight excluding hydrogens is 352 g/mol. The average molecular weight is 373 g/mol. The number of hydrogen-bond acceptors (Lipinski definition) is 4. The topological polar surface area (TPSA) is 48.9 Å². The van der Waals surface area contributed by atoms with Crippen molar-refractivity contribution < 1.29 is 9.53 Å². The van der Waals surface area contributed by atoms with E-state index in [1.165, 1.54) is 5.56 Å². The van der Waals surface area contributed by atoms with E-state index in [4.69, 9.17) is 16.3 Å². The van der Waals surface area contributed by atoms with Gasteiger partial charge in [-0.3, -0.25) is 14.8 Å². The van der Waals surface area contributed by atoms with E-state index in [1.807, 2.05) is 23.2 Å². The number of carbonyl (C=O) groups is 1. The van der Waals surface area contributed by atoms with Crippen molar-refractivity contribution in [3.05, 3.63) is 53.3 Å². The Morgan fingerprint density at radius 1 is 1.15 bits per heavy atom. The Morgan fingerprint density at radius 2 is 2.00 bits per heavy atom. The van der Waals surface area contributed by atoms with Crippen LogP contribution < -0.4 is 9.64 Å². The van der Waals surface area contributed by atoms with Gasteiger partial charge in [0.1, 0.15) is 12.4 Å². The molecule has 2 aliphatic rings. The van der Waals surface area contributed by atoms with Crippen molar-refractivity contribution in [3.63, 3.8) is 0 Å². The number of fused-ring (bicyclic) bond motifs is 1. The molecule has 0 unspecified atom stereocenters. The quantitative estimate of drug-likeness (QED) is 0.813. The van der Waals surface area contributed by atoms with Crippen LogP contribution in [0, 0.1) is 0 Å². The summed E-state index contributed by atoms with van der Waals surface area (Å²) in [4.78, 5) is 23.2. The number of anilines is 1. The minimum Gasteiger partial charge on any atom is -0.489 e. The Bertz CT molecular complexity index is 778. The summed E-state index contributed by atoms with van der Waals surface area (Å²) in [6, 6.07) is 9.49. The maximum atomic E-state index is 13.0. The molecule has 2 aromatic rings. The fraction of sp³-hybridized carbons (Fsp3) is 0.368. The number of hydrogen-bond donors (Lipinski definition) is 0. The molecule has 3 heterocycles. The molecule has 2 amide bonds. The van der Waals surface area contributed by atoms with Crippen molar-refractivity contribution in [3.8, 4) is 5.75 Å². The van der Waals surface area contributed by atoms with E-state index in [9.17, 15) is 4.79 Å². The molecule has 0 bridgehead atoms. The van der Waals surface area contributed by atoms with E-state index >= 15 is 0 Å². The molecule has 0 N–H and O–H groups in total. The third-order valence-electron chi connectivity index (χ3n) is 4.79. The summed E-state index contributed by atoms with van der Waals surface area (Å²) in [6.45, 7) is 5.08. The van der Waals surface area contributed by atoms with E-state index in [0.717, 1.165) is 38.4 Å². The molecule has 26 heavy (non-hydrogen) atoms. The Morgan fingerprint density at radius 3 is 2.77 bits per heavy atom. The molecule has 0 saturated carbocycles. The summed E-state index contributed by atoms with van der Waals surface area (Å²) in [5.41, 5.74) is 2.00. The van der Waals surface area contributed by atoms with Gasteiger partial charge in [-0.2, -0.15) is 0 Å². The minimum absolute atomic E-state index is 0.0397. The van der Waals surface area contributed by atoms with Crippen molar-refractivity contribution in [2.24, 2.45) is 0 Å². The van der Waals surface area contributed by atoms with Gasteiger partial charge in [0.15, 0.2) is 0 Å². The third kappa shape index (κ3) is 3.61. The summed E-state index contributed by atoms with van der Waals surface area (Å²) in [5, 5.41) is 0.613. The second-order valence-electron chi connectivity index (χ2n) is 6.52. The first-order valence-electron chi connectivity index (χ1n) is 8.81. The maximum Gasteiger partial charge on any atom is 0.324 e.